The lowest BCUT2D eigenvalue weighted by Gasteiger charge is -2.35. The Morgan fingerprint density at radius 2 is 1.72 bits per heavy atom. The maximum Gasteiger partial charge on any atom is 0.226 e. The van der Waals surface area contributed by atoms with Crippen molar-refractivity contribution in [2.24, 2.45) is 11.8 Å². The van der Waals surface area contributed by atoms with Gasteiger partial charge in [-0.1, -0.05) is 19.9 Å². The lowest BCUT2D eigenvalue weighted by atomic mass is 9.93. The molecule has 6 heteroatoms. The molecule has 1 aromatic carbocycles. The molecule has 1 aliphatic heterocycles. The molecule has 1 fully saturated rings. The molecular weight excluding hydrogens is 326 g/mol. The van der Waals surface area contributed by atoms with Crippen LogP contribution in [0.1, 0.15) is 45.2 Å². The van der Waals surface area contributed by atoms with Gasteiger partial charge in [-0.3, -0.25) is 9.59 Å². The van der Waals surface area contributed by atoms with Crippen molar-refractivity contribution >= 4 is 11.8 Å². The van der Waals surface area contributed by atoms with Gasteiger partial charge in [-0.15, -0.1) is 0 Å². The predicted molar refractivity (Wildman–Crippen MR) is 91.7 cm³/mol. The van der Waals surface area contributed by atoms with Crippen LogP contribution in [0.4, 0.5) is 8.78 Å². The maximum absolute atomic E-state index is 13.4. The van der Waals surface area contributed by atoms with Crippen LogP contribution >= 0.6 is 0 Å². The minimum absolute atomic E-state index is 0.0196. The number of halogens is 2. The van der Waals surface area contributed by atoms with Crippen LogP contribution in [0.5, 0.6) is 0 Å². The second-order valence-corrected chi connectivity index (χ2v) is 7.05. The van der Waals surface area contributed by atoms with Crippen LogP contribution in [0.15, 0.2) is 18.2 Å². The van der Waals surface area contributed by atoms with Crippen LogP contribution in [-0.2, 0) is 9.59 Å². The van der Waals surface area contributed by atoms with E-state index in [-0.39, 0.29) is 29.7 Å². The fourth-order valence-electron chi connectivity index (χ4n) is 3.19. The van der Waals surface area contributed by atoms with E-state index in [1.807, 2.05) is 18.7 Å². The molecule has 0 aromatic heterocycles. The van der Waals surface area contributed by atoms with E-state index in [4.69, 9.17) is 0 Å². The molecule has 1 aliphatic rings. The molecule has 1 saturated heterocycles. The number of rotatable bonds is 4. The molecule has 1 atom stereocenters. The van der Waals surface area contributed by atoms with Gasteiger partial charge in [-0.25, -0.2) is 8.78 Å². The van der Waals surface area contributed by atoms with Crippen molar-refractivity contribution in [3.05, 3.63) is 35.4 Å². The summed E-state index contributed by atoms with van der Waals surface area (Å²) in [5.74, 6) is -1.89. The van der Waals surface area contributed by atoms with E-state index < -0.39 is 11.6 Å². The van der Waals surface area contributed by atoms with E-state index in [0.29, 0.717) is 31.5 Å². The van der Waals surface area contributed by atoms with Gasteiger partial charge >= 0.3 is 0 Å². The third kappa shape index (κ3) is 4.35. The Kier molecular flexibility index (Phi) is 6.14. The van der Waals surface area contributed by atoms with E-state index in [2.05, 4.69) is 0 Å². The first-order valence-corrected chi connectivity index (χ1v) is 8.72. The maximum atomic E-state index is 13.4. The molecule has 1 unspecified atom stereocenters. The van der Waals surface area contributed by atoms with Gasteiger partial charge in [0.2, 0.25) is 11.8 Å². The largest absolute Gasteiger partial charge is 0.342 e. The zero-order valence-corrected chi connectivity index (χ0v) is 15.3. The molecule has 25 heavy (non-hydrogen) atoms. The molecule has 0 N–H and O–H groups in total. The normalized spacial score (nSPS) is 16.8. The van der Waals surface area contributed by atoms with Gasteiger partial charge in [0, 0.05) is 32.0 Å². The van der Waals surface area contributed by atoms with Crippen molar-refractivity contribution in [2.75, 3.05) is 20.1 Å². The standard InChI is InChI=1S/C19H26F2N2O2/c1-12(2)18(24)23-9-7-14(8-10-23)19(25)22(4)13(3)15-5-6-16(20)17(21)11-15/h5-6,11-14H,7-10H2,1-4H3. The molecule has 138 valence electrons. The first kappa shape index (κ1) is 19.3. The number of carbonyl (C=O) groups is 2. The van der Waals surface area contributed by atoms with Gasteiger partial charge < -0.3 is 9.80 Å². The lowest BCUT2D eigenvalue weighted by molar-refractivity contribution is -0.142. The van der Waals surface area contributed by atoms with Gasteiger partial charge in [0.05, 0.1) is 6.04 Å². The molecule has 0 aliphatic carbocycles. The number of hydrogen-bond acceptors (Lipinski definition) is 2. The number of nitrogens with zero attached hydrogens (tertiary/aromatic N) is 2. The van der Waals surface area contributed by atoms with E-state index in [9.17, 15) is 18.4 Å². The molecule has 0 bridgehead atoms. The third-order valence-corrected chi connectivity index (χ3v) is 5.00. The zero-order valence-electron chi connectivity index (χ0n) is 15.3. The van der Waals surface area contributed by atoms with Gasteiger partial charge in [-0.05, 0) is 37.5 Å². The zero-order chi connectivity index (χ0) is 18.7. The van der Waals surface area contributed by atoms with E-state index in [1.165, 1.54) is 6.07 Å². The van der Waals surface area contributed by atoms with Gasteiger partial charge in [0.15, 0.2) is 11.6 Å². The second kappa shape index (κ2) is 7.93. The minimum atomic E-state index is -0.911. The van der Waals surface area contributed by atoms with E-state index in [1.54, 1.807) is 18.9 Å². The average molecular weight is 352 g/mol. The molecule has 4 nitrogen and oxygen atoms in total. The summed E-state index contributed by atoms with van der Waals surface area (Å²) in [6.07, 6.45) is 1.26. The van der Waals surface area contributed by atoms with Crippen molar-refractivity contribution in [3.8, 4) is 0 Å². The highest BCUT2D eigenvalue weighted by molar-refractivity contribution is 5.81. The summed E-state index contributed by atoms with van der Waals surface area (Å²) < 4.78 is 26.5. The van der Waals surface area contributed by atoms with Crippen molar-refractivity contribution in [2.45, 2.75) is 39.7 Å². The smallest absolute Gasteiger partial charge is 0.226 e. The highest BCUT2D eigenvalue weighted by Crippen LogP contribution is 2.26. The first-order chi connectivity index (χ1) is 11.7. The predicted octanol–water partition coefficient (Wildman–Crippen LogP) is 3.38. The Morgan fingerprint density at radius 1 is 1.12 bits per heavy atom. The second-order valence-electron chi connectivity index (χ2n) is 7.05. The summed E-state index contributed by atoms with van der Waals surface area (Å²) in [5, 5.41) is 0. The Morgan fingerprint density at radius 3 is 2.24 bits per heavy atom. The SMILES string of the molecule is CC(C)C(=O)N1CCC(C(=O)N(C)C(C)c2ccc(F)c(F)c2)CC1. The van der Waals surface area contributed by atoms with Gasteiger partial charge in [-0.2, -0.15) is 0 Å². The minimum Gasteiger partial charge on any atom is -0.342 e. The van der Waals surface area contributed by atoms with Gasteiger partial charge in [0.1, 0.15) is 0 Å². The molecule has 1 heterocycles. The molecule has 1 aromatic rings. The molecule has 2 rings (SSSR count). The summed E-state index contributed by atoms with van der Waals surface area (Å²) in [5.41, 5.74) is 0.558. The Balaban J connectivity index is 1.98. The summed E-state index contributed by atoms with van der Waals surface area (Å²) in [6.45, 7) is 6.71. The highest BCUT2D eigenvalue weighted by atomic mass is 19.2. The van der Waals surface area contributed by atoms with Crippen molar-refractivity contribution in [3.63, 3.8) is 0 Å². The van der Waals surface area contributed by atoms with Crippen LogP contribution in [0.3, 0.4) is 0 Å². The topological polar surface area (TPSA) is 40.6 Å². The monoisotopic (exact) mass is 352 g/mol. The highest BCUT2D eigenvalue weighted by Gasteiger charge is 2.31. The molecule has 2 amide bonds. The Hall–Kier alpha value is -1.98. The first-order valence-electron chi connectivity index (χ1n) is 8.72. The fourth-order valence-corrected chi connectivity index (χ4v) is 3.19. The summed E-state index contributed by atoms with van der Waals surface area (Å²) >= 11 is 0. The average Bonchev–Trinajstić information content (AvgIpc) is 2.61. The van der Waals surface area contributed by atoms with Crippen LogP contribution in [0.25, 0.3) is 0 Å². The Labute approximate surface area is 147 Å². The quantitative estimate of drug-likeness (QED) is 0.833. The summed E-state index contributed by atoms with van der Waals surface area (Å²) in [6, 6.07) is 3.36. The van der Waals surface area contributed by atoms with Crippen molar-refractivity contribution in [1.82, 2.24) is 9.80 Å². The van der Waals surface area contributed by atoms with E-state index >= 15 is 0 Å². The van der Waals surface area contributed by atoms with E-state index in [0.717, 1.165) is 12.1 Å². The number of hydrogen-bond donors (Lipinski definition) is 0. The number of benzene rings is 1. The van der Waals surface area contributed by atoms with Gasteiger partial charge in [0.25, 0.3) is 0 Å². The lowest BCUT2D eigenvalue weighted by Crippen LogP contribution is -2.45. The Bertz CT molecular complexity index is 640. The number of likely N-dealkylation sites (tertiary alicyclic amines) is 1. The van der Waals surface area contributed by atoms with Crippen LogP contribution in [0.2, 0.25) is 0 Å². The molecule has 0 saturated carbocycles. The third-order valence-electron chi connectivity index (χ3n) is 5.00. The van der Waals surface area contributed by atoms with Crippen molar-refractivity contribution < 1.29 is 18.4 Å². The molecular formula is C19H26F2N2O2. The van der Waals surface area contributed by atoms with Crippen LogP contribution < -0.4 is 0 Å². The number of piperidine rings is 1. The summed E-state index contributed by atoms with van der Waals surface area (Å²) in [4.78, 5) is 28.1. The van der Waals surface area contributed by atoms with Crippen molar-refractivity contribution in [1.29, 1.82) is 0 Å². The molecule has 0 radical (unpaired) electrons. The van der Waals surface area contributed by atoms with Crippen LogP contribution in [0, 0.1) is 23.5 Å². The molecule has 0 spiro atoms. The fraction of sp³-hybridized carbons (Fsp3) is 0.579. The summed E-state index contributed by atoms with van der Waals surface area (Å²) in [7, 11) is 1.68. The number of carbonyl (C=O) groups excluding carboxylic acids is 2. The van der Waals surface area contributed by atoms with Crippen LogP contribution in [-0.4, -0.2) is 41.8 Å². The number of amides is 2.